The lowest BCUT2D eigenvalue weighted by molar-refractivity contribution is 0.367. The van der Waals surface area contributed by atoms with Crippen LogP contribution in [0.3, 0.4) is 0 Å². The SMILES string of the molecule is CC(C)(CNCCC1CCCCN1)c1ccc[nH]1. The first-order chi connectivity index (χ1) is 8.68. The maximum Gasteiger partial charge on any atom is 0.0217 e. The van der Waals surface area contributed by atoms with E-state index < -0.39 is 0 Å². The number of aromatic amines is 1. The van der Waals surface area contributed by atoms with E-state index in [2.05, 4.69) is 41.6 Å². The van der Waals surface area contributed by atoms with E-state index in [4.69, 9.17) is 0 Å². The molecule has 2 heterocycles. The van der Waals surface area contributed by atoms with E-state index in [1.165, 1.54) is 37.9 Å². The number of rotatable bonds is 6. The maximum atomic E-state index is 3.60. The van der Waals surface area contributed by atoms with Crippen LogP contribution in [-0.4, -0.2) is 30.7 Å². The van der Waals surface area contributed by atoms with Gasteiger partial charge in [-0.25, -0.2) is 0 Å². The van der Waals surface area contributed by atoms with Crippen molar-refractivity contribution >= 4 is 0 Å². The Labute approximate surface area is 111 Å². The molecule has 102 valence electrons. The van der Waals surface area contributed by atoms with Gasteiger partial charge in [0, 0.05) is 29.9 Å². The molecule has 0 radical (unpaired) electrons. The highest BCUT2D eigenvalue weighted by atomic mass is 14.9. The molecule has 2 rings (SSSR count). The van der Waals surface area contributed by atoms with Gasteiger partial charge in [0.15, 0.2) is 0 Å². The number of hydrogen-bond acceptors (Lipinski definition) is 2. The number of H-pyrrole nitrogens is 1. The molecule has 18 heavy (non-hydrogen) atoms. The Morgan fingerprint density at radius 3 is 2.94 bits per heavy atom. The normalized spacial score (nSPS) is 21.1. The zero-order valence-corrected chi connectivity index (χ0v) is 11.8. The molecule has 1 aliphatic heterocycles. The van der Waals surface area contributed by atoms with Crippen molar-refractivity contribution in [3.8, 4) is 0 Å². The lowest BCUT2D eigenvalue weighted by atomic mass is 9.89. The summed E-state index contributed by atoms with van der Waals surface area (Å²) in [6, 6.07) is 4.98. The Balaban J connectivity index is 1.65. The van der Waals surface area contributed by atoms with Gasteiger partial charge >= 0.3 is 0 Å². The lowest BCUT2D eigenvalue weighted by Gasteiger charge is -2.26. The Kier molecular flexibility index (Phi) is 4.84. The molecule has 0 spiro atoms. The average Bonchev–Trinajstić information content (AvgIpc) is 2.91. The molecule has 0 bridgehead atoms. The largest absolute Gasteiger partial charge is 0.365 e. The first-order valence-electron chi connectivity index (χ1n) is 7.26. The summed E-state index contributed by atoms with van der Waals surface area (Å²) in [4.78, 5) is 3.32. The lowest BCUT2D eigenvalue weighted by Crippen LogP contribution is -2.39. The number of aromatic nitrogens is 1. The summed E-state index contributed by atoms with van der Waals surface area (Å²) in [5.41, 5.74) is 1.49. The van der Waals surface area contributed by atoms with Gasteiger partial charge in [0.2, 0.25) is 0 Å². The van der Waals surface area contributed by atoms with Crippen molar-refractivity contribution in [3.63, 3.8) is 0 Å². The van der Waals surface area contributed by atoms with Crippen LogP contribution in [-0.2, 0) is 5.41 Å². The van der Waals surface area contributed by atoms with Gasteiger partial charge in [-0.15, -0.1) is 0 Å². The van der Waals surface area contributed by atoms with E-state index >= 15 is 0 Å². The Bertz CT molecular complexity index is 324. The third-order valence-electron chi connectivity index (χ3n) is 3.98. The summed E-state index contributed by atoms with van der Waals surface area (Å²) in [7, 11) is 0. The summed E-state index contributed by atoms with van der Waals surface area (Å²) in [5, 5.41) is 7.20. The molecule has 1 aromatic rings. The second-order valence-corrected chi connectivity index (χ2v) is 6.08. The summed E-state index contributed by atoms with van der Waals surface area (Å²) in [6.45, 7) is 7.91. The standard InChI is InChI=1S/C15H27N3/c1-15(2,14-7-5-10-18-14)12-16-11-8-13-6-3-4-9-17-13/h5,7,10,13,16-18H,3-4,6,8-9,11-12H2,1-2H3. The molecule has 1 saturated heterocycles. The molecule has 3 nitrogen and oxygen atoms in total. The van der Waals surface area contributed by atoms with Crippen molar-refractivity contribution < 1.29 is 0 Å². The van der Waals surface area contributed by atoms with Crippen LogP contribution < -0.4 is 10.6 Å². The summed E-state index contributed by atoms with van der Waals surface area (Å²) >= 11 is 0. The number of piperidine rings is 1. The van der Waals surface area contributed by atoms with Crippen LogP contribution in [0.25, 0.3) is 0 Å². The van der Waals surface area contributed by atoms with E-state index in [1.807, 2.05) is 6.20 Å². The highest BCUT2D eigenvalue weighted by Crippen LogP contribution is 2.20. The van der Waals surface area contributed by atoms with Gasteiger partial charge in [0.05, 0.1) is 0 Å². The minimum atomic E-state index is 0.184. The zero-order chi connectivity index (χ0) is 12.8. The van der Waals surface area contributed by atoms with Gasteiger partial charge in [-0.2, -0.15) is 0 Å². The fourth-order valence-corrected chi connectivity index (χ4v) is 2.69. The average molecular weight is 249 g/mol. The minimum Gasteiger partial charge on any atom is -0.365 e. The third-order valence-corrected chi connectivity index (χ3v) is 3.98. The summed E-state index contributed by atoms with van der Waals surface area (Å²) in [5.74, 6) is 0. The van der Waals surface area contributed by atoms with E-state index in [9.17, 15) is 0 Å². The number of nitrogens with one attached hydrogen (secondary N) is 3. The van der Waals surface area contributed by atoms with E-state index in [0.29, 0.717) is 0 Å². The maximum absolute atomic E-state index is 3.60. The summed E-state index contributed by atoms with van der Waals surface area (Å²) < 4.78 is 0. The molecule has 1 aromatic heterocycles. The highest BCUT2D eigenvalue weighted by molar-refractivity contribution is 5.15. The zero-order valence-electron chi connectivity index (χ0n) is 11.8. The molecular formula is C15H27N3. The van der Waals surface area contributed by atoms with E-state index in [1.54, 1.807) is 0 Å². The van der Waals surface area contributed by atoms with Gasteiger partial charge in [-0.05, 0) is 44.5 Å². The first kappa shape index (κ1) is 13.6. The van der Waals surface area contributed by atoms with Crippen LogP contribution in [0.15, 0.2) is 18.3 Å². The van der Waals surface area contributed by atoms with Crippen molar-refractivity contribution in [2.24, 2.45) is 0 Å². The van der Waals surface area contributed by atoms with Gasteiger partial charge in [0.25, 0.3) is 0 Å². The Morgan fingerprint density at radius 2 is 2.28 bits per heavy atom. The molecule has 1 fully saturated rings. The van der Waals surface area contributed by atoms with E-state index in [0.717, 1.165) is 19.1 Å². The van der Waals surface area contributed by atoms with Gasteiger partial charge < -0.3 is 15.6 Å². The second kappa shape index (κ2) is 6.39. The predicted molar refractivity (Wildman–Crippen MR) is 76.9 cm³/mol. The van der Waals surface area contributed by atoms with Gasteiger partial charge in [-0.1, -0.05) is 20.3 Å². The van der Waals surface area contributed by atoms with Crippen molar-refractivity contribution in [1.29, 1.82) is 0 Å². The topological polar surface area (TPSA) is 39.8 Å². The molecule has 1 unspecified atom stereocenters. The van der Waals surface area contributed by atoms with Crippen molar-refractivity contribution in [2.45, 2.75) is 51.0 Å². The second-order valence-electron chi connectivity index (χ2n) is 6.08. The molecule has 0 saturated carbocycles. The summed E-state index contributed by atoms with van der Waals surface area (Å²) in [6.07, 6.45) is 7.35. The molecule has 0 amide bonds. The van der Waals surface area contributed by atoms with Crippen LogP contribution >= 0.6 is 0 Å². The molecule has 0 aliphatic carbocycles. The van der Waals surface area contributed by atoms with Crippen molar-refractivity contribution in [1.82, 2.24) is 15.6 Å². The van der Waals surface area contributed by atoms with Crippen LogP contribution in [0, 0.1) is 0 Å². The molecule has 3 N–H and O–H groups in total. The fraction of sp³-hybridized carbons (Fsp3) is 0.733. The minimum absolute atomic E-state index is 0.184. The molecule has 1 aliphatic rings. The van der Waals surface area contributed by atoms with Gasteiger partial charge in [-0.3, -0.25) is 0 Å². The van der Waals surface area contributed by atoms with Crippen molar-refractivity contribution in [2.75, 3.05) is 19.6 Å². The molecule has 0 aromatic carbocycles. The fourth-order valence-electron chi connectivity index (χ4n) is 2.69. The predicted octanol–water partition coefficient (Wildman–Crippen LogP) is 2.41. The van der Waals surface area contributed by atoms with Crippen LogP contribution in [0.2, 0.25) is 0 Å². The smallest absolute Gasteiger partial charge is 0.0217 e. The molecular weight excluding hydrogens is 222 g/mol. The number of hydrogen-bond donors (Lipinski definition) is 3. The Hall–Kier alpha value is -0.800. The monoisotopic (exact) mass is 249 g/mol. The first-order valence-corrected chi connectivity index (χ1v) is 7.26. The van der Waals surface area contributed by atoms with Crippen molar-refractivity contribution in [3.05, 3.63) is 24.0 Å². The highest BCUT2D eigenvalue weighted by Gasteiger charge is 2.21. The Morgan fingerprint density at radius 1 is 1.39 bits per heavy atom. The van der Waals surface area contributed by atoms with Crippen LogP contribution in [0.1, 0.15) is 45.2 Å². The molecule has 1 atom stereocenters. The van der Waals surface area contributed by atoms with Crippen LogP contribution in [0.5, 0.6) is 0 Å². The molecule has 3 heteroatoms. The van der Waals surface area contributed by atoms with Gasteiger partial charge in [0.1, 0.15) is 0 Å². The van der Waals surface area contributed by atoms with E-state index in [-0.39, 0.29) is 5.41 Å². The third kappa shape index (κ3) is 3.85. The van der Waals surface area contributed by atoms with Crippen LogP contribution in [0.4, 0.5) is 0 Å². The quantitative estimate of drug-likeness (QED) is 0.678.